The predicted molar refractivity (Wildman–Crippen MR) is 49.4 cm³/mol. The largest absolute Gasteiger partial charge is 0.464 e. The van der Waals surface area contributed by atoms with Crippen LogP contribution in [0.5, 0.6) is 0 Å². The molecule has 0 aliphatic rings. The van der Waals surface area contributed by atoms with Gasteiger partial charge in [-0.2, -0.15) is 0 Å². The number of hydrogen-bond donors (Lipinski definition) is 1. The molecule has 1 atom stereocenters. The molecule has 0 saturated carbocycles. The van der Waals surface area contributed by atoms with Crippen molar-refractivity contribution >= 4 is 12.4 Å². The van der Waals surface area contributed by atoms with E-state index in [0.717, 1.165) is 16.5 Å². The first kappa shape index (κ1) is 12.9. The van der Waals surface area contributed by atoms with Gasteiger partial charge in [0.2, 0.25) is 0 Å². The zero-order valence-electron chi connectivity index (χ0n) is 8.64. The summed E-state index contributed by atoms with van der Waals surface area (Å²) in [5, 5.41) is 11.0. The van der Waals surface area contributed by atoms with Crippen molar-refractivity contribution in [1.29, 1.82) is 0 Å². The van der Waals surface area contributed by atoms with E-state index in [-0.39, 0.29) is 6.04 Å². The van der Waals surface area contributed by atoms with Gasteiger partial charge in [0.25, 0.3) is 0 Å². The maximum absolute atomic E-state index is 10.8. The highest BCUT2D eigenvalue weighted by Gasteiger charge is 2.23. The van der Waals surface area contributed by atoms with Gasteiger partial charge in [0, 0.05) is 13.5 Å². The third kappa shape index (κ3) is 3.71. The Bertz CT molecular complexity index is 198. The maximum Gasteiger partial charge on any atom is 0.424 e. The summed E-state index contributed by atoms with van der Waals surface area (Å²) in [4.78, 5) is 25.7. The summed E-state index contributed by atoms with van der Waals surface area (Å²) in [7, 11) is 2.87. The maximum atomic E-state index is 10.8. The van der Waals surface area contributed by atoms with Gasteiger partial charge >= 0.3 is 6.09 Å². The van der Waals surface area contributed by atoms with Crippen LogP contribution in [0.3, 0.4) is 0 Å². The predicted octanol–water partition coefficient (Wildman–Crippen LogP) is 0.742. The van der Waals surface area contributed by atoms with E-state index in [4.69, 9.17) is 9.94 Å². The number of carboxylic acid groups (broad SMARTS) is 1. The van der Waals surface area contributed by atoms with Gasteiger partial charge in [-0.25, -0.2) is 9.80 Å². The molecule has 0 saturated heterocycles. The van der Waals surface area contributed by atoms with Crippen molar-refractivity contribution in [3.63, 3.8) is 0 Å². The van der Waals surface area contributed by atoms with Crippen molar-refractivity contribution in [2.24, 2.45) is 0 Å². The molecule has 6 heteroatoms. The first-order valence-corrected chi connectivity index (χ1v) is 4.28. The van der Waals surface area contributed by atoms with Crippen LogP contribution >= 0.6 is 0 Å². The molecule has 82 valence electrons. The Labute approximate surface area is 83.0 Å². The monoisotopic (exact) mass is 204 g/mol. The van der Waals surface area contributed by atoms with Gasteiger partial charge in [0.1, 0.15) is 6.29 Å². The molecular weight excluding hydrogens is 188 g/mol. The van der Waals surface area contributed by atoms with Crippen LogP contribution in [0, 0.1) is 0 Å². The molecule has 0 bridgehead atoms. The quantitative estimate of drug-likeness (QED) is 0.510. The Balaban J connectivity index is 4.32. The van der Waals surface area contributed by atoms with E-state index in [0.29, 0.717) is 12.8 Å². The van der Waals surface area contributed by atoms with Crippen LogP contribution in [0.1, 0.15) is 19.8 Å². The summed E-state index contributed by atoms with van der Waals surface area (Å²) >= 11 is 0. The van der Waals surface area contributed by atoms with Gasteiger partial charge in [0.05, 0.1) is 13.2 Å². The van der Waals surface area contributed by atoms with E-state index < -0.39 is 6.09 Å². The Hall–Kier alpha value is -1.14. The minimum Gasteiger partial charge on any atom is -0.464 e. The third-order valence-corrected chi connectivity index (χ3v) is 1.88. The Morgan fingerprint density at radius 3 is 2.57 bits per heavy atom. The number of hydrazine groups is 1. The molecule has 0 aliphatic carbocycles. The fraction of sp³-hybridized carbons (Fsp3) is 0.750. The molecule has 0 radical (unpaired) electrons. The highest BCUT2D eigenvalue weighted by atomic mass is 16.7. The lowest BCUT2D eigenvalue weighted by Crippen LogP contribution is -2.48. The first-order valence-electron chi connectivity index (χ1n) is 4.28. The van der Waals surface area contributed by atoms with Crippen molar-refractivity contribution < 1.29 is 19.5 Å². The van der Waals surface area contributed by atoms with Crippen molar-refractivity contribution in [2.75, 3.05) is 14.2 Å². The SMILES string of the molecule is CON(C)N(C(=O)O)C(C)CCC=O. The first-order chi connectivity index (χ1) is 6.54. The fourth-order valence-electron chi connectivity index (χ4n) is 1.11. The molecular formula is C8H16N2O4. The minimum absolute atomic E-state index is 0.289. The average molecular weight is 204 g/mol. The number of hydrogen-bond acceptors (Lipinski definition) is 4. The molecule has 1 N–H and O–H groups in total. The van der Waals surface area contributed by atoms with Crippen LogP contribution in [-0.4, -0.2) is 47.9 Å². The van der Waals surface area contributed by atoms with E-state index in [1.54, 1.807) is 6.92 Å². The van der Waals surface area contributed by atoms with Crippen LogP contribution in [0.4, 0.5) is 4.79 Å². The molecule has 1 amide bonds. The second-order valence-corrected chi connectivity index (χ2v) is 2.87. The Morgan fingerprint density at radius 2 is 2.21 bits per heavy atom. The zero-order valence-corrected chi connectivity index (χ0v) is 8.64. The average Bonchev–Trinajstić information content (AvgIpc) is 2.14. The van der Waals surface area contributed by atoms with Crippen LogP contribution in [0.2, 0.25) is 0 Å². The molecule has 14 heavy (non-hydrogen) atoms. The molecule has 1 unspecified atom stereocenters. The molecule has 0 aromatic heterocycles. The molecule has 6 nitrogen and oxygen atoms in total. The van der Waals surface area contributed by atoms with Crippen molar-refractivity contribution in [2.45, 2.75) is 25.8 Å². The highest BCUT2D eigenvalue weighted by Crippen LogP contribution is 2.08. The zero-order chi connectivity index (χ0) is 11.1. The molecule has 0 fully saturated rings. The standard InChI is InChI=1S/C8H16N2O4/c1-7(5-4-6-11)10(8(12)13)9(2)14-3/h6-7H,4-5H2,1-3H3,(H,12,13). The second kappa shape index (κ2) is 6.33. The van der Waals surface area contributed by atoms with E-state index in [2.05, 4.69) is 0 Å². The number of aldehydes is 1. The van der Waals surface area contributed by atoms with Gasteiger partial charge in [-0.1, -0.05) is 5.17 Å². The van der Waals surface area contributed by atoms with E-state index >= 15 is 0 Å². The van der Waals surface area contributed by atoms with Gasteiger partial charge in [-0.3, -0.25) is 4.84 Å². The minimum atomic E-state index is -1.10. The second-order valence-electron chi connectivity index (χ2n) is 2.87. The molecule has 0 aromatic carbocycles. The Morgan fingerprint density at radius 1 is 1.64 bits per heavy atom. The van der Waals surface area contributed by atoms with Gasteiger partial charge in [0.15, 0.2) is 0 Å². The smallest absolute Gasteiger partial charge is 0.424 e. The van der Waals surface area contributed by atoms with Crippen molar-refractivity contribution in [1.82, 2.24) is 10.2 Å². The third-order valence-electron chi connectivity index (χ3n) is 1.88. The molecule has 0 spiro atoms. The van der Waals surface area contributed by atoms with Crippen molar-refractivity contribution in [3.8, 4) is 0 Å². The number of amides is 1. The fourth-order valence-corrected chi connectivity index (χ4v) is 1.11. The molecule has 0 heterocycles. The summed E-state index contributed by atoms with van der Waals surface area (Å²) in [6, 6.07) is -0.289. The lowest BCUT2D eigenvalue weighted by Gasteiger charge is -2.31. The van der Waals surface area contributed by atoms with E-state index in [1.807, 2.05) is 0 Å². The highest BCUT2D eigenvalue weighted by molar-refractivity contribution is 5.64. The van der Waals surface area contributed by atoms with Gasteiger partial charge in [-0.05, 0) is 13.3 Å². The summed E-state index contributed by atoms with van der Waals surface area (Å²) in [6.45, 7) is 1.72. The Kier molecular flexibility index (Phi) is 5.82. The summed E-state index contributed by atoms with van der Waals surface area (Å²) in [5.41, 5.74) is 0. The van der Waals surface area contributed by atoms with Crippen LogP contribution in [0.15, 0.2) is 0 Å². The van der Waals surface area contributed by atoms with Gasteiger partial charge in [-0.15, -0.1) is 0 Å². The summed E-state index contributed by atoms with van der Waals surface area (Å²) in [6.07, 6.45) is 0.475. The van der Waals surface area contributed by atoms with Crippen LogP contribution in [0.25, 0.3) is 0 Å². The molecule has 0 aromatic rings. The number of hydroxylamine groups is 1. The number of nitrogens with zero attached hydrogens (tertiary/aromatic N) is 2. The number of rotatable bonds is 6. The summed E-state index contributed by atoms with van der Waals surface area (Å²) in [5.74, 6) is 0. The number of carbonyl (C=O) groups excluding carboxylic acids is 1. The normalized spacial score (nSPS) is 12.6. The topological polar surface area (TPSA) is 70.1 Å². The van der Waals surface area contributed by atoms with Crippen molar-refractivity contribution in [3.05, 3.63) is 0 Å². The lowest BCUT2D eigenvalue weighted by molar-refractivity contribution is -0.243. The molecule has 0 aliphatic heterocycles. The van der Waals surface area contributed by atoms with Crippen LogP contribution < -0.4 is 0 Å². The summed E-state index contributed by atoms with van der Waals surface area (Å²) < 4.78 is 0. The lowest BCUT2D eigenvalue weighted by atomic mass is 10.2. The molecule has 0 rings (SSSR count). The van der Waals surface area contributed by atoms with Crippen LogP contribution in [-0.2, 0) is 9.63 Å². The number of carbonyl (C=O) groups is 2. The van der Waals surface area contributed by atoms with E-state index in [1.165, 1.54) is 14.2 Å². The van der Waals surface area contributed by atoms with E-state index in [9.17, 15) is 9.59 Å². The van der Waals surface area contributed by atoms with Gasteiger partial charge < -0.3 is 9.90 Å².